The fraction of sp³-hybridized carbons (Fsp3) is 0.583. The molecule has 0 radical (unpaired) electrons. The molecule has 8 heteroatoms. The summed E-state index contributed by atoms with van der Waals surface area (Å²) in [5.74, 6) is 1.09. The SMILES string of the molecule is N#Cc1ccc2ncnc(NC3CCC(N4CCN(C(=O)[C@H]5C[C@H](O)C5)CC4)CC3)c2c1. The quantitative estimate of drug-likeness (QED) is 0.759. The maximum Gasteiger partial charge on any atom is 0.225 e. The van der Waals surface area contributed by atoms with Gasteiger partial charge in [-0.3, -0.25) is 9.69 Å². The Kier molecular flexibility index (Phi) is 5.94. The van der Waals surface area contributed by atoms with Crippen molar-refractivity contribution >= 4 is 22.6 Å². The van der Waals surface area contributed by atoms with Crippen LogP contribution in [0, 0.1) is 17.2 Å². The number of rotatable bonds is 4. The van der Waals surface area contributed by atoms with Gasteiger partial charge in [0.15, 0.2) is 0 Å². The number of benzene rings is 1. The number of hydrogen-bond acceptors (Lipinski definition) is 7. The molecule has 8 nitrogen and oxygen atoms in total. The predicted octanol–water partition coefficient (Wildman–Crippen LogP) is 2.14. The second-order valence-corrected chi connectivity index (χ2v) is 9.40. The number of nitrogens with one attached hydrogen (secondary N) is 1. The largest absolute Gasteiger partial charge is 0.393 e. The summed E-state index contributed by atoms with van der Waals surface area (Å²) in [5.41, 5.74) is 1.46. The van der Waals surface area contributed by atoms with Crippen molar-refractivity contribution in [3.05, 3.63) is 30.1 Å². The molecule has 2 heterocycles. The van der Waals surface area contributed by atoms with E-state index in [0.717, 1.165) is 68.6 Å². The zero-order valence-corrected chi connectivity index (χ0v) is 18.3. The minimum atomic E-state index is -0.275. The number of nitrogens with zero attached hydrogens (tertiary/aromatic N) is 5. The molecule has 0 spiro atoms. The summed E-state index contributed by atoms with van der Waals surface area (Å²) < 4.78 is 0. The monoisotopic (exact) mass is 434 g/mol. The zero-order chi connectivity index (χ0) is 22.1. The van der Waals surface area contributed by atoms with E-state index >= 15 is 0 Å². The fourth-order valence-electron chi connectivity index (χ4n) is 5.37. The third-order valence-electron chi connectivity index (χ3n) is 7.41. The second kappa shape index (κ2) is 9.00. The molecule has 32 heavy (non-hydrogen) atoms. The Bertz CT molecular complexity index is 1010. The molecule has 1 saturated heterocycles. The van der Waals surface area contributed by atoms with E-state index in [2.05, 4.69) is 26.3 Å². The van der Waals surface area contributed by atoms with Crippen molar-refractivity contribution in [1.29, 1.82) is 5.26 Å². The zero-order valence-electron chi connectivity index (χ0n) is 18.3. The lowest BCUT2D eigenvalue weighted by molar-refractivity contribution is -0.144. The lowest BCUT2D eigenvalue weighted by atomic mass is 9.81. The molecule has 2 aliphatic carbocycles. The molecule has 1 aromatic heterocycles. The summed E-state index contributed by atoms with van der Waals surface area (Å²) in [6.07, 6.45) is 6.99. The van der Waals surface area contributed by atoms with Crippen LogP contribution in [0.25, 0.3) is 10.9 Å². The molecule has 2 saturated carbocycles. The summed E-state index contributed by atoms with van der Waals surface area (Å²) in [7, 11) is 0. The highest BCUT2D eigenvalue weighted by atomic mass is 16.3. The molecule has 2 N–H and O–H groups in total. The average molecular weight is 435 g/mol. The number of aromatic nitrogens is 2. The van der Waals surface area contributed by atoms with Gasteiger partial charge in [0.2, 0.25) is 5.91 Å². The van der Waals surface area contributed by atoms with E-state index in [1.54, 1.807) is 12.4 Å². The maximum atomic E-state index is 12.5. The van der Waals surface area contributed by atoms with Gasteiger partial charge in [-0.2, -0.15) is 5.26 Å². The first-order valence-electron chi connectivity index (χ1n) is 11.7. The van der Waals surface area contributed by atoms with Gasteiger partial charge in [-0.15, -0.1) is 0 Å². The molecular formula is C24H30N6O2. The Balaban J connectivity index is 1.13. The summed E-state index contributed by atoms with van der Waals surface area (Å²) in [4.78, 5) is 25.8. The first kappa shape index (κ1) is 21.1. The molecule has 5 rings (SSSR count). The standard InChI is InChI=1S/C24H30N6O2/c25-14-16-1-6-22-21(11-16)23(27-15-26-22)28-18-2-4-19(5-3-18)29-7-9-30(10-8-29)24(32)17-12-20(31)13-17/h1,6,11,15,17-20,31H,2-5,7-10,12-13H2,(H,26,27,28)/t17-,18?,19?,20-. The number of carbonyl (C=O) groups is 1. The molecule has 3 fully saturated rings. The Hall–Kier alpha value is -2.76. The molecule has 1 amide bonds. The van der Waals surface area contributed by atoms with Gasteiger partial charge < -0.3 is 15.3 Å². The van der Waals surface area contributed by atoms with Crippen LogP contribution in [0.5, 0.6) is 0 Å². The van der Waals surface area contributed by atoms with Crippen molar-refractivity contribution in [1.82, 2.24) is 19.8 Å². The molecule has 0 bridgehead atoms. The first-order valence-corrected chi connectivity index (χ1v) is 11.7. The van der Waals surface area contributed by atoms with Crippen LogP contribution in [-0.4, -0.2) is 75.1 Å². The average Bonchev–Trinajstić information content (AvgIpc) is 2.82. The molecule has 168 valence electrons. The highest BCUT2D eigenvalue weighted by molar-refractivity contribution is 5.89. The van der Waals surface area contributed by atoms with Gasteiger partial charge in [0, 0.05) is 49.6 Å². The highest BCUT2D eigenvalue weighted by Gasteiger charge is 2.37. The van der Waals surface area contributed by atoms with Gasteiger partial charge in [0.25, 0.3) is 0 Å². The number of hydrogen-bond donors (Lipinski definition) is 2. The van der Waals surface area contributed by atoms with Crippen molar-refractivity contribution in [2.24, 2.45) is 5.92 Å². The summed E-state index contributed by atoms with van der Waals surface area (Å²) in [6, 6.07) is 8.64. The topological polar surface area (TPSA) is 105 Å². The Labute approximate surface area is 188 Å². The Morgan fingerprint density at radius 3 is 2.53 bits per heavy atom. The van der Waals surface area contributed by atoms with Gasteiger partial charge in [0.05, 0.1) is 23.3 Å². The van der Waals surface area contributed by atoms with E-state index in [9.17, 15) is 15.2 Å². The van der Waals surface area contributed by atoms with Gasteiger partial charge in [0.1, 0.15) is 12.1 Å². The van der Waals surface area contributed by atoms with E-state index in [4.69, 9.17) is 0 Å². The molecular weight excluding hydrogens is 404 g/mol. The van der Waals surface area contributed by atoms with Crippen molar-refractivity contribution in [3.8, 4) is 6.07 Å². The van der Waals surface area contributed by atoms with Crippen LogP contribution in [0.15, 0.2) is 24.5 Å². The number of aliphatic hydroxyl groups excluding tert-OH is 1. The van der Waals surface area contributed by atoms with Gasteiger partial charge in [-0.05, 0) is 56.7 Å². The number of anilines is 1. The number of amides is 1. The van der Waals surface area contributed by atoms with Crippen LogP contribution in [-0.2, 0) is 4.79 Å². The Morgan fingerprint density at radius 1 is 1.09 bits per heavy atom. The van der Waals surface area contributed by atoms with Gasteiger partial charge >= 0.3 is 0 Å². The summed E-state index contributed by atoms with van der Waals surface area (Å²) >= 11 is 0. The third-order valence-corrected chi connectivity index (χ3v) is 7.41. The molecule has 3 aliphatic rings. The molecule has 1 aliphatic heterocycles. The number of nitriles is 1. The lowest BCUT2D eigenvalue weighted by Crippen LogP contribution is -2.55. The van der Waals surface area contributed by atoms with E-state index in [0.29, 0.717) is 30.5 Å². The van der Waals surface area contributed by atoms with Crippen LogP contribution in [0.4, 0.5) is 5.82 Å². The van der Waals surface area contributed by atoms with Gasteiger partial charge in [-0.25, -0.2) is 9.97 Å². The number of aliphatic hydroxyl groups is 1. The highest BCUT2D eigenvalue weighted by Crippen LogP contribution is 2.31. The third kappa shape index (κ3) is 4.27. The fourth-order valence-corrected chi connectivity index (χ4v) is 5.37. The summed E-state index contributed by atoms with van der Waals surface area (Å²) in [5, 5.41) is 23.2. The number of carbonyl (C=O) groups excluding carboxylic acids is 1. The normalized spacial score (nSPS) is 28.7. The minimum Gasteiger partial charge on any atom is -0.393 e. The maximum absolute atomic E-state index is 12.5. The number of piperazine rings is 1. The van der Waals surface area contributed by atoms with E-state index in [1.165, 1.54) is 0 Å². The van der Waals surface area contributed by atoms with Crippen LogP contribution < -0.4 is 5.32 Å². The molecule has 0 unspecified atom stereocenters. The van der Waals surface area contributed by atoms with Crippen LogP contribution >= 0.6 is 0 Å². The minimum absolute atomic E-state index is 0.0418. The van der Waals surface area contributed by atoms with E-state index in [1.807, 2.05) is 17.0 Å². The van der Waals surface area contributed by atoms with Crippen molar-refractivity contribution in [2.45, 2.75) is 56.7 Å². The van der Waals surface area contributed by atoms with Crippen LogP contribution in [0.3, 0.4) is 0 Å². The van der Waals surface area contributed by atoms with Crippen LogP contribution in [0.2, 0.25) is 0 Å². The van der Waals surface area contributed by atoms with Crippen molar-refractivity contribution in [3.63, 3.8) is 0 Å². The van der Waals surface area contributed by atoms with Crippen molar-refractivity contribution < 1.29 is 9.90 Å². The van der Waals surface area contributed by atoms with E-state index < -0.39 is 0 Å². The lowest BCUT2D eigenvalue weighted by Gasteiger charge is -2.43. The first-order chi connectivity index (χ1) is 15.6. The molecule has 1 aromatic carbocycles. The number of fused-ring (bicyclic) bond motifs is 1. The van der Waals surface area contributed by atoms with Crippen molar-refractivity contribution in [2.75, 3.05) is 31.5 Å². The van der Waals surface area contributed by atoms with Crippen LogP contribution in [0.1, 0.15) is 44.1 Å². The van der Waals surface area contributed by atoms with E-state index in [-0.39, 0.29) is 17.9 Å². The molecule has 0 atom stereocenters. The smallest absolute Gasteiger partial charge is 0.225 e. The molecule has 2 aromatic rings. The van der Waals surface area contributed by atoms with Gasteiger partial charge in [-0.1, -0.05) is 0 Å². The predicted molar refractivity (Wildman–Crippen MR) is 121 cm³/mol. The second-order valence-electron chi connectivity index (χ2n) is 9.40. The Morgan fingerprint density at radius 2 is 1.84 bits per heavy atom. The summed E-state index contributed by atoms with van der Waals surface area (Å²) in [6.45, 7) is 3.49.